The van der Waals surface area contributed by atoms with Crippen molar-refractivity contribution in [3.63, 3.8) is 0 Å². The fourth-order valence-corrected chi connectivity index (χ4v) is 3.35. The van der Waals surface area contributed by atoms with E-state index in [1.807, 2.05) is 0 Å². The summed E-state index contributed by atoms with van der Waals surface area (Å²) in [6.45, 7) is 0.861. The minimum absolute atomic E-state index is 0.385. The van der Waals surface area contributed by atoms with E-state index in [1.54, 1.807) is 6.92 Å². The summed E-state index contributed by atoms with van der Waals surface area (Å²) < 4.78 is 21.3. The molecular weight excluding hydrogens is 340 g/mol. The summed E-state index contributed by atoms with van der Waals surface area (Å²) in [5.41, 5.74) is 0. The summed E-state index contributed by atoms with van der Waals surface area (Å²) in [7, 11) is 1.28. The minimum Gasteiger partial charge on any atom is -0.394 e. The molecule has 10 heteroatoms. The van der Waals surface area contributed by atoms with Crippen molar-refractivity contribution in [2.24, 2.45) is 5.92 Å². The highest BCUT2D eigenvalue weighted by Gasteiger charge is 2.50. The number of hydrogen-bond acceptors (Lipinski definition) is 10. The van der Waals surface area contributed by atoms with Gasteiger partial charge in [-0.15, -0.1) is 0 Å². The van der Waals surface area contributed by atoms with Crippen molar-refractivity contribution >= 4 is 0 Å². The van der Waals surface area contributed by atoms with Crippen molar-refractivity contribution in [2.45, 2.75) is 68.7 Å². The molecule has 10 atom stereocenters. The van der Waals surface area contributed by atoms with Gasteiger partial charge in [-0.05, 0) is 6.42 Å². The third-order valence-electron chi connectivity index (χ3n) is 4.85. The average Bonchev–Trinajstić information content (AvgIpc) is 2.62. The third kappa shape index (κ3) is 4.14. The van der Waals surface area contributed by atoms with Gasteiger partial charge in [0.05, 0.1) is 25.4 Å². The summed E-state index contributed by atoms with van der Waals surface area (Å²) >= 11 is 0. The molecule has 6 N–H and O–H groups in total. The van der Waals surface area contributed by atoms with Crippen molar-refractivity contribution < 1.29 is 49.6 Å². The Hall–Kier alpha value is -0.400. The molecule has 2 saturated heterocycles. The first-order valence-electron chi connectivity index (χ1n) is 8.32. The Balaban J connectivity index is 2.13. The lowest BCUT2D eigenvalue weighted by Crippen LogP contribution is -2.63. The van der Waals surface area contributed by atoms with Crippen LogP contribution in [0, 0.1) is 5.92 Å². The second kappa shape index (κ2) is 9.00. The average molecular weight is 368 g/mol. The van der Waals surface area contributed by atoms with Crippen LogP contribution in [0.15, 0.2) is 0 Å². The van der Waals surface area contributed by atoms with Gasteiger partial charge in [-0.1, -0.05) is 6.92 Å². The van der Waals surface area contributed by atoms with Crippen LogP contribution in [0.1, 0.15) is 13.3 Å². The Morgan fingerprint density at radius 2 is 1.36 bits per heavy atom. The molecule has 0 aromatic carbocycles. The van der Waals surface area contributed by atoms with E-state index in [1.165, 1.54) is 7.11 Å². The monoisotopic (exact) mass is 368 g/mol. The van der Waals surface area contributed by atoms with E-state index < -0.39 is 67.8 Å². The van der Waals surface area contributed by atoms with Crippen LogP contribution in [0.3, 0.4) is 0 Å². The fourth-order valence-electron chi connectivity index (χ4n) is 3.35. The van der Waals surface area contributed by atoms with Gasteiger partial charge >= 0.3 is 0 Å². The van der Waals surface area contributed by atoms with Crippen LogP contribution >= 0.6 is 0 Å². The maximum atomic E-state index is 10.2. The van der Waals surface area contributed by atoms with Gasteiger partial charge < -0.3 is 49.6 Å². The molecule has 10 nitrogen and oxygen atoms in total. The van der Waals surface area contributed by atoms with E-state index in [9.17, 15) is 30.6 Å². The highest BCUT2D eigenvalue weighted by Crippen LogP contribution is 2.32. The van der Waals surface area contributed by atoms with Crippen LogP contribution in [0.4, 0.5) is 0 Å². The molecule has 0 aromatic rings. The van der Waals surface area contributed by atoms with Crippen molar-refractivity contribution in [3.8, 4) is 0 Å². The minimum atomic E-state index is -1.49. The SMILES string of the molecule is CCC1C(CO)OC(OC2C(CO)OC(OC)C(O)C2O)C(O)C1O. The van der Waals surface area contributed by atoms with Crippen LogP contribution in [0.25, 0.3) is 0 Å². The standard InChI is InChI=1S/C15H28O10/c1-3-6-7(4-16)23-15(11(20)9(6)18)25-13-8(5-17)24-14(22-2)12(21)10(13)19/h6-21H,3-5H2,1-2H3. The molecule has 148 valence electrons. The van der Waals surface area contributed by atoms with E-state index in [2.05, 4.69) is 0 Å². The molecule has 0 aliphatic carbocycles. The fraction of sp³-hybridized carbons (Fsp3) is 1.00. The van der Waals surface area contributed by atoms with Gasteiger partial charge in [0.2, 0.25) is 0 Å². The van der Waals surface area contributed by atoms with Crippen LogP contribution in [0.5, 0.6) is 0 Å². The van der Waals surface area contributed by atoms with E-state index >= 15 is 0 Å². The molecule has 2 aliphatic rings. The van der Waals surface area contributed by atoms with Gasteiger partial charge in [0.25, 0.3) is 0 Å². The maximum Gasteiger partial charge on any atom is 0.187 e. The molecule has 2 fully saturated rings. The second-order valence-electron chi connectivity index (χ2n) is 6.32. The molecule has 0 spiro atoms. The Labute approximate surface area is 145 Å². The van der Waals surface area contributed by atoms with Crippen molar-refractivity contribution in [1.82, 2.24) is 0 Å². The summed E-state index contributed by atoms with van der Waals surface area (Å²) in [5.74, 6) is -0.482. The summed E-state index contributed by atoms with van der Waals surface area (Å²) in [5, 5.41) is 59.6. The van der Waals surface area contributed by atoms with E-state index in [-0.39, 0.29) is 6.61 Å². The Morgan fingerprint density at radius 3 is 1.88 bits per heavy atom. The van der Waals surface area contributed by atoms with E-state index in [0.29, 0.717) is 6.42 Å². The second-order valence-corrected chi connectivity index (χ2v) is 6.32. The molecular formula is C15H28O10. The lowest BCUT2D eigenvalue weighted by molar-refractivity contribution is -0.354. The number of ether oxygens (including phenoxy) is 4. The van der Waals surface area contributed by atoms with Crippen molar-refractivity contribution in [2.75, 3.05) is 20.3 Å². The largest absolute Gasteiger partial charge is 0.394 e. The van der Waals surface area contributed by atoms with Gasteiger partial charge in [-0.25, -0.2) is 0 Å². The highest BCUT2D eigenvalue weighted by molar-refractivity contribution is 4.93. The predicted octanol–water partition coefficient (Wildman–Crippen LogP) is -3.08. The van der Waals surface area contributed by atoms with E-state index in [4.69, 9.17) is 18.9 Å². The van der Waals surface area contributed by atoms with Crippen LogP contribution in [-0.4, -0.2) is 106 Å². The Kier molecular flexibility index (Phi) is 7.52. The highest BCUT2D eigenvalue weighted by atomic mass is 16.7. The quantitative estimate of drug-likeness (QED) is 0.284. The van der Waals surface area contributed by atoms with Crippen LogP contribution in [0.2, 0.25) is 0 Å². The summed E-state index contributed by atoms with van der Waals surface area (Å²) in [6, 6.07) is 0. The summed E-state index contributed by atoms with van der Waals surface area (Å²) in [4.78, 5) is 0. The number of hydrogen-bond donors (Lipinski definition) is 6. The Morgan fingerprint density at radius 1 is 0.800 bits per heavy atom. The topological polar surface area (TPSA) is 158 Å². The number of aliphatic hydroxyl groups excluding tert-OH is 6. The predicted molar refractivity (Wildman–Crippen MR) is 81.2 cm³/mol. The molecule has 0 radical (unpaired) electrons. The van der Waals surface area contributed by atoms with Crippen molar-refractivity contribution in [1.29, 1.82) is 0 Å². The first kappa shape index (κ1) is 20.9. The molecule has 0 saturated carbocycles. The molecule has 0 aromatic heterocycles. The number of rotatable bonds is 6. The normalized spacial score (nSPS) is 48.5. The van der Waals surface area contributed by atoms with Crippen LogP contribution < -0.4 is 0 Å². The van der Waals surface area contributed by atoms with Crippen molar-refractivity contribution in [3.05, 3.63) is 0 Å². The number of methoxy groups -OCH3 is 1. The first-order valence-corrected chi connectivity index (χ1v) is 8.32. The third-order valence-corrected chi connectivity index (χ3v) is 4.85. The zero-order valence-electron chi connectivity index (χ0n) is 14.2. The zero-order chi connectivity index (χ0) is 18.7. The van der Waals surface area contributed by atoms with Gasteiger partial charge in [0, 0.05) is 13.0 Å². The zero-order valence-corrected chi connectivity index (χ0v) is 14.2. The molecule has 0 bridgehead atoms. The molecule has 0 amide bonds. The van der Waals surface area contributed by atoms with Gasteiger partial charge in [0.15, 0.2) is 12.6 Å². The van der Waals surface area contributed by atoms with Crippen LogP contribution in [-0.2, 0) is 18.9 Å². The summed E-state index contributed by atoms with van der Waals surface area (Å²) in [6.07, 6.45) is -10.7. The smallest absolute Gasteiger partial charge is 0.187 e. The number of aliphatic hydroxyl groups is 6. The lowest BCUT2D eigenvalue weighted by atomic mass is 9.87. The molecule has 2 aliphatic heterocycles. The van der Waals surface area contributed by atoms with Gasteiger partial charge in [0.1, 0.15) is 30.5 Å². The molecule has 2 heterocycles. The first-order chi connectivity index (χ1) is 11.9. The maximum absolute atomic E-state index is 10.2. The van der Waals surface area contributed by atoms with Gasteiger partial charge in [-0.3, -0.25) is 0 Å². The lowest BCUT2D eigenvalue weighted by Gasteiger charge is -2.46. The Bertz CT molecular complexity index is 406. The van der Waals surface area contributed by atoms with E-state index in [0.717, 1.165) is 0 Å². The molecule has 10 unspecified atom stereocenters. The molecule has 25 heavy (non-hydrogen) atoms. The molecule has 2 rings (SSSR count). The van der Waals surface area contributed by atoms with Gasteiger partial charge in [-0.2, -0.15) is 0 Å².